The second-order valence-corrected chi connectivity index (χ2v) is 8.03. The molecule has 0 saturated carbocycles. The van der Waals surface area contributed by atoms with E-state index in [0.29, 0.717) is 0 Å². The number of nitrogens with one attached hydrogen (secondary N) is 1. The van der Waals surface area contributed by atoms with E-state index in [1.807, 2.05) is 13.2 Å². The van der Waals surface area contributed by atoms with Crippen LogP contribution in [0.4, 0.5) is 11.5 Å². The zero-order chi connectivity index (χ0) is 20.8. The number of hydrogen-bond acceptors (Lipinski definition) is 5. The molecule has 2 aliphatic rings. The molecule has 0 spiro atoms. The Morgan fingerprint density at radius 2 is 1.58 bits per heavy atom. The van der Waals surface area contributed by atoms with Gasteiger partial charge in [-0.05, 0) is 30.8 Å². The van der Waals surface area contributed by atoms with Gasteiger partial charge < -0.3 is 24.9 Å². The van der Waals surface area contributed by atoms with E-state index in [1.54, 1.807) is 0 Å². The Labute approximate surface area is 203 Å². The first-order valence-electron chi connectivity index (χ1n) is 10.9. The van der Waals surface area contributed by atoms with Crippen LogP contribution in [0, 0.1) is 0 Å². The lowest BCUT2D eigenvalue weighted by Crippen LogP contribution is -2.52. The Balaban J connectivity index is 0.00000272. The maximum absolute atomic E-state index is 4.69. The van der Waals surface area contributed by atoms with Gasteiger partial charge in [-0.1, -0.05) is 24.3 Å². The normalized spacial score (nSPS) is 18.0. The van der Waals surface area contributed by atoms with Crippen molar-refractivity contribution in [2.24, 2.45) is 4.99 Å². The molecule has 0 amide bonds. The molecule has 2 aliphatic heterocycles. The first kappa shape index (κ1) is 23.6. The molecule has 7 nitrogen and oxygen atoms in total. The predicted octanol–water partition coefficient (Wildman–Crippen LogP) is 2.35. The number of para-hydroxylation sites is 1. The third-order valence-electron chi connectivity index (χ3n) is 6.00. The number of pyridine rings is 1. The van der Waals surface area contributed by atoms with Crippen molar-refractivity contribution in [2.75, 3.05) is 76.3 Å². The van der Waals surface area contributed by atoms with Gasteiger partial charge in [-0.15, -0.1) is 24.0 Å². The van der Waals surface area contributed by atoms with Crippen molar-refractivity contribution in [1.29, 1.82) is 0 Å². The zero-order valence-electron chi connectivity index (χ0n) is 18.6. The van der Waals surface area contributed by atoms with Crippen LogP contribution in [-0.2, 0) is 6.54 Å². The second-order valence-electron chi connectivity index (χ2n) is 8.03. The highest BCUT2D eigenvalue weighted by Gasteiger charge is 2.20. The van der Waals surface area contributed by atoms with Crippen LogP contribution < -0.4 is 15.1 Å². The average molecular weight is 535 g/mol. The Bertz CT molecular complexity index is 812. The van der Waals surface area contributed by atoms with Crippen LogP contribution in [0.1, 0.15) is 5.56 Å². The molecule has 8 heteroatoms. The van der Waals surface area contributed by atoms with E-state index in [1.165, 1.54) is 11.3 Å². The van der Waals surface area contributed by atoms with E-state index < -0.39 is 0 Å². The van der Waals surface area contributed by atoms with Gasteiger partial charge in [0.05, 0.1) is 0 Å². The number of benzene rings is 1. The number of guanidine groups is 1. The summed E-state index contributed by atoms with van der Waals surface area (Å²) >= 11 is 0. The van der Waals surface area contributed by atoms with Crippen LogP contribution in [0.15, 0.2) is 53.7 Å². The Morgan fingerprint density at radius 1 is 0.903 bits per heavy atom. The van der Waals surface area contributed by atoms with Gasteiger partial charge in [0.2, 0.25) is 0 Å². The highest BCUT2D eigenvalue weighted by Crippen LogP contribution is 2.16. The molecule has 1 aromatic carbocycles. The second kappa shape index (κ2) is 11.5. The van der Waals surface area contributed by atoms with Crippen LogP contribution in [-0.4, -0.2) is 87.2 Å². The molecule has 4 rings (SSSR count). The number of likely N-dealkylation sites (N-methyl/N-ethyl adjacent to an activating group) is 1. The van der Waals surface area contributed by atoms with Crippen molar-refractivity contribution in [3.63, 3.8) is 0 Å². The molecule has 2 fully saturated rings. The third kappa shape index (κ3) is 6.22. The number of aliphatic imine (C=N–C) groups is 1. The molecule has 1 N–H and O–H groups in total. The molecule has 0 radical (unpaired) electrons. The van der Waals surface area contributed by atoms with Crippen LogP contribution >= 0.6 is 24.0 Å². The topological polar surface area (TPSA) is 50.2 Å². The van der Waals surface area contributed by atoms with Gasteiger partial charge in [-0.3, -0.25) is 4.99 Å². The van der Waals surface area contributed by atoms with Gasteiger partial charge in [0.1, 0.15) is 5.82 Å². The lowest BCUT2D eigenvalue weighted by Gasteiger charge is -2.37. The molecular weight excluding hydrogens is 501 g/mol. The number of aromatic nitrogens is 1. The minimum Gasteiger partial charge on any atom is -0.368 e. The number of nitrogens with zero attached hydrogens (tertiary/aromatic N) is 6. The van der Waals surface area contributed by atoms with E-state index in [9.17, 15) is 0 Å². The van der Waals surface area contributed by atoms with Crippen LogP contribution in [0.25, 0.3) is 0 Å². The lowest BCUT2D eigenvalue weighted by atomic mass is 10.2. The number of piperazine rings is 2. The summed E-state index contributed by atoms with van der Waals surface area (Å²) in [6, 6.07) is 15.0. The molecule has 0 atom stereocenters. The van der Waals surface area contributed by atoms with Crippen molar-refractivity contribution in [1.82, 2.24) is 20.1 Å². The number of rotatable bonds is 4. The first-order valence-corrected chi connectivity index (χ1v) is 10.9. The van der Waals surface area contributed by atoms with Gasteiger partial charge in [-0.2, -0.15) is 0 Å². The Hall–Kier alpha value is -2.07. The number of anilines is 2. The average Bonchev–Trinajstić information content (AvgIpc) is 2.81. The molecule has 3 heterocycles. The van der Waals surface area contributed by atoms with E-state index in [4.69, 9.17) is 4.98 Å². The molecule has 2 saturated heterocycles. The molecule has 0 unspecified atom stereocenters. The van der Waals surface area contributed by atoms with E-state index in [0.717, 1.165) is 70.7 Å². The predicted molar refractivity (Wildman–Crippen MR) is 140 cm³/mol. The van der Waals surface area contributed by atoms with Gasteiger partial charge >= 0.3 is 0 Å². The summed E-state index contributed by atoms with van der Waals surface area (Å²) in [5.74, 6) is 2.04. The zero-order valence-corrected chi connectivity index (χ0v) is 20.9. The molecule has 0 bridgehead atoms. The fourth-order valence-electron chi connectivity index (χ4n) is 4.07. The highest BCUT2D eigenvalue weighted by atomic mass is 127. The SMILES string of the molecule is CN=C(NCc1ccc(N2CCN(C)CC2)nc1)N1CCN(c2ccccc2)CC1.I. The lowest BCUT2D eigenvalue weighted by molar-refractivity contribution is 0.312. The smallest absolute Gasteiger partial charge is 0.194 e. The van der Waals surface area contributed by atoms with Crippen LogP contribution in [0.5, 0.6) is 0 Å². The summed E-state index contributed by atoms with van der Waals surface area (Å²) in [6.07, 6.45) is 1.99. The summed E-state index contributed by atoms with van der Waals surface area (Å²) in [5.41, 5.74) is 2.48. The largest absolute Gasteiger partial charge is 0.368 e. The van der Waals surface area contributed by atoms with Gasteiger partial charge in [0, 0.05) is 77.8 Å². The summed E-state index contributed by atoms with van der Waals surface area (Å²) in [7, 11) is 4.04. The molecule has 1 aromatic heterocycles. The summed E-state index contributed by atoms with van der Waals surface area (Å²) < 4.78 is 0. The number of halogens is 1. The van der Waals surface area contributed by atoms with Crippen molar-refractivity contribution in [3.05, 3.63) is 54.2 Å². The molecular formula is C23H34IN7. The number of hydrogen-bond donors (Lipinski definition) is 1. The first-order chi connectivity index (χ1) is 14.7. The quantitative estimate of drug-likeness (QED) is 0.369. The van der Waals surface area contributed by atoms with Crippen molar-refractivity contribution >= 4 is 41.4 Å². The van der Waals surface area contributed by atoms with Crippen molar-refractivity contribution in [3.8, 4) is 0 Å². The Kier molecular flexibility index (Phi) is 8.77. The Morgan fingerprint density at radius 3 is 2.19 bits per heavy atom. The highest BCUT2D eigenvalue weighted by molar-refractivity contribution is 14.0. The molecule has 0 aliphatic carbocycles. The molecule has 168 valence electrons. The summed E-state index contributed by atoms with van der Waals surface area (Å²) in [6.45, 7) is 8.97. The van der Waals surface area contributed by atoms with Crippen LogP contribution in [0.2, 0.25) is 0 Å². The van der Waals surface area contributed by atoms with E-state index in [2.05, 4.69) is 79.4 Å². The van der Waals surface area contributed by atoms with Crippen molar-refractivity contribution < 1.29 is 0 Å². The fourth-order valence-corrected chi connectivity index (χ4v) is 4.07. The van der Waals surface area contributed by atoms with E-state index in [-0.39, 0.29) is 24.0 Å². The van der Waals surface area contributed by atoms with Crippen molar-refractivity contribution in [2.45, 2.75) is 6.54 Å². The van der Waals surface area contributed by atoms with Gasteiger partial charge in [0.15, 0.2) is 5.96 Å². The summed E-state index contributed by atoms with van der Waals surface area (Å²) in [4.78, 5) is 18.7. The maximum atomic E-state index is 4.69. The standard InChI is InChI=1S/C23H33N7.HI/c1-24-23(30-16-14-28(15-17-30)21-6-4-3-5-7-21)26-19-20-8-9-22(25-18-20)29-12-10-27(2)11-13-29;/h3-9,18H,10-17,19H2,1-2H3,(H,24,26);1H. The summed E-state index contributed by atoms with van der Waals surface area (Å²) in [5, 5.41) is 3.51. The van der Waals surface area contributed by atoms with E-state index >= 15 is 0 Å². The molecule has 2 aromatic rings. The minimum atomic E-state index is 0. The van der Waals surface area contributed by atoms with Crippen LogP contribution in [0.3, 0.4) is 0 Å². The van der Waals surface area contributed by atoms with Gasteiger partial charge in [0.25, 0.3) is 0 Å². The monoisotopic (exact) mass is 535 g/mol. The minimum absolute atomic E-state index is 0. The molecule has 31 heavy (non-hydrogen) atoms. The fraction of sp³-hybridized carbons (Fsp3) is 0.478. The third-order valence-corrected chi connectivity index (χ3v) is 6.00. The van der Waals surface area contributed by atoms with Gasteiger partial charge in [-0.25, -0.2) is 4.98 Å². The maximum Gasteiger partial charge on any atom is 0.194 e.